The Balaban J connectivity index is 0.000000202. The summed E-state index contributed by atoms with van der Waals surface area (Å²) in [7, 11) is 0. The molecule has 0 amide bonds. The van der Waals surface area contributed by atoms with Crippen molar-refractivity contribution >= 4 is 0 Å². The fraction of sp³-hybridized carbons (Fsp3) is 0.429. The molecule has 27 heavy (non-hydrogen) atoms. The first kappa shape index (κ1) is 22.3. The summed E-state index contributed by atoms with van der Waals surface area (Å²) in [6.07, 6.45) is 10.4. The van der Waals surface area contributed by atoms with Gasteiger partial charge in [-0.25, -0.2) is 0 Å². The molecule has 0 saturated carbocycles. The molecule has 3 aromatic rings. The molecule has 0 aliphatic rings. The van der Waals surface area contributed by atoms with Crippen molar-refractivity contribution in [3.63, 3.8) is 0 Å². The Kier molecular flexibility index (Phi) is 10.4. The topological polar surface area (TPSA) is 77.3 Å². The Morgan fingerprint density at radius 3 is 1.70 bits per heavy atom. The standard InChI is InChI=1S/3C7H10N2/c1-6(2)7-5-8-3-4-9-7;1-6(2)7-3-4-8-9-5-7;1-6(2)7-4-3-5-8-9-7/h3*3-6H,1-2H3. The van der Waals surface area contributed by atoms with Gasteiger partial charge in [0.15, 0.2) is 0 Å². The highest BCUT2D eigenvalue weighted by molar-refractivity contribution is 5.09. The van der Waals surface area contributed by atoms with Crippen molar-refractivity contribution < 1.29 is 0 Å². The third-order valence-electron chi connectivity index (χ3n) is 3.63. The van der Waals surface area contributed by atoms with E-state index in [0.717, 1.165) is 11.4 Å². The molecule has 0 N–H and O–H groups in total. The van der Waals surface area contributed by atoms with E-state index in [4.69, 9.17) is 0 Å². The van der Waals surface area contributed by atoms with Gasteiger partial charge in [-0.2, -0.15) is 20.4 Å². The van der Waals surface area contributed by atoms with Gasteiger partial charge in [0.05, 0.1) is 17.6 Å². The smallest absolute Gasteiger partial charge is 0.0656 e. The van der Waals surface area contributed by atoms with Crippen molar-refractivity contribution in [3.05, 3.63) is 72.3 Å². The van der Waals surface area contributed by atoms with Crippen LogP contribution in [0.2, 0.25) is 0 Å². The highest BCUT2D eigenvalue weighted by Gasteiger charge is 1.97. The normalized spacial score (nSPS) is 10.1. The molecule has 6 nitrogen and oxygen atoms in total. The summed E-state index contributed by atoms with van der Waals surface area (Å²) >= 11 is 0. The van der Waals surface area contributed by atoms with Gasteiger partial charge >= 0.3 is 0 Å². The average Bonchev–Trinajstić information content (AvgIpc) is 2.71. The van der Waals surface area contributed by atoms with Crippen LogP contribution in [0.15, 0.2) is 55.4 Å². The maximum atomic E-state index is 4.12. The molecule has 0 spiro atoms. The van der Waals surface area contributed by atoms with Crippen LogP contribution in [0, 0.1) is 0 Å². The SMILES string of the molecule is CC(C)c1cccnn1.CC(C)c1ccnnc1.CC(C)c1cnccn1. The maximum Gasteiger partial charge on any atom is 0.0656 e. The van der Waals surface area contributed by atoms with Gasteiger partial charge in [-0.15, -0.1) is 0 Å². The van der Waals surface area contributed by atoms with E-state index in [9.17, 15) is 0 Å². The first-order valence-electron chi connectivity index (χ1n) is 9.21. The summed E-state index contributed by atoms with van der Waals surface area (Å²) in [6, 6.07) is 5.87. The first-order valence-corrected chi connectivity index (χ1v) is 9.21. The van der Waals surface area contributed by atoms with Crippen molar-refractivity contribution in [1.82, 2.24) is 30.4 Å². The van der Waals surface area contributed by atoms with Gasteiger partial charge < -0.3 is 0 Å². The Labute approximate surface area is 162 Å². The molecule has 3 rings (SSSR count). The van der Waals surface area contributed by atoms with Crippen LogP contribution < -0.4 is 0 Å². The van der Waals surface area contributed by atoms with Crippen LogP contribution in [0.5, 0.6) is 0 Å². The predicted octanol–water partition coefficient (Wildman–Crippen LogP) is 4.80. The van der Waals surface area contributed by atoms with Crippen molar-refractivity contribution in [1.29, 1.82) is 0 Å². The Hall–Kier alpha value is -2.76. The number of hydrogen-bond acceptors (Lipinski definition) is 6. The van der Waals surface area contributed by atoms with Crippen LogP contribution in [0.25, 0.3) is 0 Å². The Morgan fingerprint density at radius 2 is 1.37 bits per heavy atom. The molecule has 0 unspecified atom stereocenters. The highest BCUT2D eigenvalue weighted by atomic mass is 15.1. The summed E-state index contributed by atoms with van der Waals surface area (Å²) in [6.45, 7) is 12.7. The van der Waals surface area contributed by atoms with E-state index in [1.165, 1.54) is 5.56 Å². The van der Waals surface area contributed by atoms with E-state index in [-0.39, 0.29) is 0 Å². The van der Waals surface area contributed by atoms with E-state index in [2.05, 4.69) is 71.9 Å². The average molecular weight is 367 g/mol. The molecular weight excluding hydrogens is 336 g/mol. The summed E-state index contributed by atoms with van der Waals surface area (Å²) < 4.78 is 0. The molecule has 0 fully saturated rings. The molecule has 0 aromatic carbocycles. The van der Waals surface area contributed by atoms with E-state index in [1.807, 2.05) is 18.2 Å². The monoisotopic (exact) mass is 366 g/mol. The van der Waals surface area contributed by atoms with Crippen LogP contribution in [0.1, 0.15) is 76.2 Å². The lowest BCUT2D eigenvalue weighted by Crippen LogP contribution is -1.92. The third kappa shape index (κ3) is 9.49. The molecule has 0 bridgehead atoms. The van der Waals surface area contributed by atoms with E-state index in [0.29, 0.717) is 17.8 Å². The van der Waals surface area contributed by atoms with Crippen molar-refractivity contribution in [2.24, 2.45) is 0 Å². The van der Waals surface area contributed by atoms with Gasteiger partial charge in [-0.1, -0.05) is 41.5 Å². The molecule has 0 saturated heterocycles. The number of aromatic nitrogens is 6. The van der Waals surface area contributed by atoms with Crippen molar-refractivity contribution in [2.75, 3.05) is 0 Å². The lowest BCUT2D eigenvalue weighted by Gasteiger charge is -2.00. The number of nitrogens with zero attached hydrogens (tertiary/aromatic N) is 6. The molecule has 6 heteroatoms. The number of rotatable bonds is 3. The van der Waals surface area contributed by atoms with Gasteiger partial charge in [-0.3, -0.25) is 9.97 Å². The Morgan fingerprint density at radius 1 is 0.630 bits per heavy atom. The molecule has 0 aliphatic carbocycles. The fourth-order valence-corrected chi connectivity index (χ4v) is 1.87. The van der Waals surface area contributed by atoms with E-state index >= 15 is 0 Å². The minimum absolute atomic E-state index is 0.485. The second-order valence-corrected chi connectivity index (χ2v) is 6.92. The summed E-state index contributed by atoms with van der Waals surface area (Å²) in [5.41, 5.74) is 3.35. The van der Waals surface area contributed by atoms with Crippen LogP contribution in [0.4, 0.5) is 0 Å². The first-order chi connectivity index (χ1) is 12.9. The van der Waals surface area contributed by atoms with Crippen LogP contribution >= 0.6 is 0 Å². The van der Waals surface area contributed by atoms with Gasteiger partial charge in [0.2, 0.25) is 0 Å². The van der Waals surface area contributed by atoms with Crippen molar-refractivity contribution in [2.45, 2.75) is 59.3 Å². The van der Waals surface area contributed by atoms with Crippen molar-refractivity contribution in [3.8, 4) is 0 Å². The minimum Gasteiger partial charge on any atom is -0.261 e. The van der Waals surface area contributed by atoms with Gasteiger partial charge in [-0.05, 0) is 41.5 Å². The second-order valence-electron chi connectivity index (χ2n) is 6.92. The molecule has 144 valence electrons. The zero-order valence-corrected chi connectivity index (χ0v) is 17.1. The van der Waals surface area contributed by atoms with Crippen LogP contribution in [-0.4, -0.2) is 30.4 Å². The molecular formula is C21H30N6. The summed E-state index contributed by atoms with van der Waals surface area (Å²) in [5, 5.41) is 15.1. The maximum absolute atomic E-state index is 4.12. The highest BCUT2D eigenvalue weighted by Crippen LogP contribution is 2.10. The lowest BCUT2D eigenvalue weighted by molar-refractivity contribution is 0.785. The van der Waals surface area contributed by atoms with E-state index < -0.39 is 0 Å². The van der Waals surface area contributed by atoms with Gasteiger partial charge in [0.1, 0.15) is 0 Å². The fourth-order valence-electron chi connectivity index (χ4n) is 1.87. The number of hydrogen-bond donors (Lipinski definition) is 0. The minimum atomic E-state index is 0.485. The molecule has 3 aromatic heterocycles. The summed E-state index contributed by atoms with van der Waals surface area (Å²) in [4.78, 5) is 8.06. The molecule has 3 heterocycles. The Bertz CT molecular complexity index is 612. The second kappa shape index (κ2) is 12.6. The van der Waals surface area contributed by atoms with Gasteiger partial charge in [0, 0.05) is 31.0 Å². The predicted molar refractivity (Wildman–Crippen MR) is 108 cm³/mol. The largest absolute Gasteiger partial charge is 0.261 e. The zero-order valence-electron chi connectivity index (χ0n) is 17.1. The summed E-state index contributed by atoms with van der Waals surface area (Å²) in [5.74, 6) is 1.53. The quantitative estimate of drug-likeness (QED) is 0.662. The lowest BCUT2D eigenvalue weighted by atomic mass is 10.1. The van der Waals surface area contributed by atoms with Crippen LogP contribution in [0.3, 0.4) is 0 Å². The molecule has 0 aliphatic heterocycles. The van der Waals surface area contributed by atoms with E-state index in [1.54, 1.807) is 37.2 Å². The third-order valence-corrected chi connectivity index (χ3v) is 3.63. The molecule has 0 radical (unpaired) electrons. The van der Waals surface area contributed by atoms with Crippen LogP contribution in [-0.2, 0) is 0 Å². The molecule has 0 atom stereocenters. The zero-order chi connectivity index (χ0) is 20.1. The van der Waals surface area contributed by atoms with Gasteiger partial charge in [0.25, 0.3) is 0 Å².